The van der Waals surface area contributed by atoms with Crippen LogP contribution in [0, 0.1) is 18.6 Å². The molecule has 3 aromatic rings. The molecule has 3 heterocycles. The van der Waals surface area contributed by atoms with Crippen LogP contribution in [0.2, 0.25) is 0 Å². The molecule has 1 saturated heterocycles. The first-order valence-corrected chi connectivity index (χ1v) is 7.66. The maximum absolute atomic E-state index is 14.1. The molecule has 1 fully saturated rings. The van der Waals surface area contributed by atoms with E-state index in [9.17, 15) is 8.78 Å². The lowest BCUT2D eigenvalue weighted by molar-refractivity contribution is 0.560. The Morgan fingerprint density at radius 3 is 2.91 bits per heavy atom. The molecule has 1 atom stereocenters. The monoisotopic (exact) mass is 314 g/mol. The van der Waals surface area contributed by atoms with Crippen molar-refractivity contribution < 1.29 is 8.78 Å². The number of fused-ring (bicyclic) bond motifs is 1. The van der Waals surface area contributed by atoms with Gasteiger partial charge in [-0.25, -0.2) is 18.3 Å². The number of halogens is 2. The van der Waals surface area contributed by atoms with Gasteiger partial charge in [0, 0.05) is 24.4 Å². The summed E-state index contributed by atoms with van der Waals surface area (Å²) in [5.41, 5.74) is 2.04. The molecule has 0 N–H and O–H groups in total. The van der Waals surface area contributed by atoms with E-state index in [0.717, 1.165) is 42.6 Å². The lowest BCUT2D eigenvalue weighted by Gasteiger charge is -2.26. The summed E-state index contributed by atoms with van der Waals surface area (Å²) in [6.45, 7) is 2.69. The lowest BCUT2D eigenvalue weighted by Crippen LogP contribution is -2.24. The smallest absolute Gasteiger partial charge is 0.157 e. The summed E-state index contributed by atoms with van der Waals surface area (Å²) >= 11 is 0. The van der Waals surface area contributed by atoms with Crippen molar-refractivity contribution in [1.82, 2.24) is 14.6 Å². The number of benzene rings is 1. The number of nitrogens with zero attached hydrogens (tertiary/aromatic N) is 4. The molecule has 1 aliphatic rings. The highest BCUT2D eigenvalue weighted by Gasteiger charge is 2.29. The van der Waals surface area contributed by atoms with Crippen molar-refractivity contribution in [3.05, 3.63) is 59.4 Å². The third-order valence-corrected chi connectivity index (χ3v) is 4.30. The highest BCUT2D eigenvalue weighted by Crippen LogP contribution is 2.36. The Balaban J connectivity index is 1.75. The zero-order valence-electron chi connectivity index (χ0n) is 12.7. The third kappa shape index (κ3) is 2.44. The summed E-state index contributed by atoms with van der Waals surface area (Å²) in [5.74, 6) is -0.0174. The quantitative estimate of drug-likeness (QED) is 0.724. The van der Waals surface area contributed by atoms with Gasteiger partial charge in [0.25, 0.3) is 0 Å². The molecule has 0 amide bonds. The topological polar surface area (TPSA) is 33.4 Å². The van der Waals surface area contributed by atoms with Crippen LogP contribution in [-0.4, -0.2) is 21.1 Å². The van der Waals surface area contributed by atoms with Crippen LogP contribution in [0.5, 0.6) is 0 Å². The van der Waals surface area contributed by atoms with Crippen molar-refractivity contribution >= 4 is 11.5 Å². The molecular weight excluding hydrogens is 298 g/mol. The predicted octanol–water partition coefficient (Wildman–Crippen LogP) is 3.66. The number of hydrogen-bond acceptors (Lipinski definition) is 3. The highest BCUT2D eigenvalue weighted by molar-refractivity contribution is 5.51. The summed E-state index contributed by atoms with van der Waals surface area (Å²) in [6, 6.07) is 7.21. The molecule has 0 aliphatic carbocycles. The van der Waals surface area contributed by atoms with Crippen LogP contribution in [0.15, 0.2) is 36.5 Å². The maximum Gasteiger partial charge on any atom is 0.157 e. The summed E-state index contributed by atoms with van der Waals surface area (Å²) < 4.78 is 29.4. The van der Waals surface area contributed by atoms with E-state index >= 15 is 0 Å². The second kappa shape index (κ2) is 5.30. The molecule has 23 heavy (non-hydrogen) atoms. The van der Waals surface area contributed by atoms with Crippen molar-refractivity contribution in [2.45, 2.75) is 25.8 Å². The third-order valence-electron chi connectivity index (χ3n) is 4.30. The molecular formula is C17H16F2N4. The van der Waals surface area contributed by atoms with Crippen LogP contribution in [0.4, 0.5) is 14.6 Å². The Morgan fingerprint density at radius 1 is 1.17 bits per heavy atom. The van der Waals surface area contributed by atoms with Crippen molar-refractivity contribution in [3.8, 4) is 0 Å². The van der Waals surface area contributed by atoms with E-state index in [1.165, 1.54) is 12.1 Å². The van der Waals surface area contributed by atoms with E-state index in [1.54, 1.807) is 4.52 Å². The number of anilines is 1. The van der Waals surface area contributed by atoms with Gasteiger partial charge in [-0.15, -0.1) is 0 Å². The number of aromatic nitrogens is 3. The molecule has 4 rings (SSSR count). The van der Waals surface area contributed by atoms with Crippen LogP contribution in [-0.2, 0) is 0 Å². The van der Waals surface area contributed by atoms with Crippen molar-refractivity contribution in [2.75, 3.05) is 11.4 Å². The first kappa shape index (κ1) is 14.1. The molecule has 0 spiro atoms. The van der Waals surface area contributed by atoms with Crippen LogP contribution in [0.1, 0.15) is 30.1 Å². The number of rotatable bonds is 2. The number of aryl methyl sites for hydroxylation is 1. The minimum atomic E-state index is -0.414. The Bertz CT molecular complexity index is 874. The van der Waals surface area contributed by atoms with Crippen LogP contribution in [0.3, 0.4) is 0 Å². The fourth-order valence-corrected chi connectivity index (χ4v) is 3.28. The summed E-state index contributed by atoms with van der Waals surface area (Å²) in [4.78, 5) is 6.66. The van der Waals surface area contributed by atoms with E-state index in [2.05, 4.69) is 10.1 Å². The summed E-state index contributed by atoms with van der Waals surface area (Å²) in [5, 5.41) is 4.31. The minimum absolute atomic E-state index is 0.190. The molecule has 0 saturated carbocycles. The van der Waals surface area contributed by atoms with Gasteiger partial charge in [-0.05, 0) is 44.0 Å². The Labute approximate surface area is 132 Å². The molecule has 0 radical (unpaired) electrons. The average molecular weight is 314 g/mol. The van der Waals surface area contributed by atoms with Gasteiger partial charge >= 0.3 is 0 Å². The largest absolute Gasteiger partial charge is 0.349 e. The Morgan fingerprint density at radius 2 is 2.04 bits per heavy atom. The van der Waals surface area contributed by atoms with Crippen LogP contribution < -0.4 is 4.90 Å². The van der Waals surface area contributed by atoms with Crippen molar-refractivity contribution in [2.24, 2.45) is 0 Å². The Kier molecular flexibility index (Phi) is 3.25. The van der Waals surface area contributed by atoms with Gasteiger partial charge in [0.05, 0.1) is 11.7 Å². The normalized spacial score (nSPS) is 18.0. The van der Waals surface area contributed by atoms with Crippen molar-refractivity contribution in [3.63, 3.8) is 0 Å². The van der Waals surface area contributed by atoms with Crippen LogP contribution in [0.25, 0.3) is 5.65 Å². The van der Waals surface area contributed by atoms with Crippen LogP contribution >= 0.6 is 0 Å². The molecule has 4 nitrogen and oxygen atoms in total. The molecule has 2 aromatic heterocycles. The molecule has 1 aliphatic heterocycles. The van der Waals surface area contributed by atoms with E-state index in [1.807, 2.05) is 30.2 Å². The molecule has 118 valence electrons. The lowest BCUT2D eigenvalue weighted by atomic mass is 10.0. The fourth-order valence-electron chi connectivity index (χ4n) is 3.28. The standard InChI is InChI=1S/C17H16F2N4/c1-11-9-17-20-16(6-8-23(17)21-11)22-7-2-3-15(22)13-10-12(18)4-5-14(13)19/h4-6,8-10,15H,2-3,7H2,1H3. The van der Waals surface area contributed by atoms with Gasteiger partial charge in [0.2, 0.25) is 0 Å². The van der Waals surface area contributed by atoms with Gasteiger partial charge in [0.1, 0.15) is 17.5 Å². The second-order valence-electron chi connectivity index (χ2n) is 5.89. The van der Waals surface area contributed by atoms with Gasteiger partial charge in [0.15, 0.2) is 5.65 Å². The molecule has 6 heteroatoms. The average Bonchev–Trinajstić information content (AvgIpc) is 3.14. The van der Waals surface area contributed by atoms with E-state index in [-0.39, 0.29) is 11.9 Å². The summed E-state index contributed by atoms with van der Waals surface area (Å²) in [7, 11) is 0. The van der Waals surface area contributed by atoms with Gasteiger partial charge in [-0.3, -0.25) is 0 Å². The first-order valence-electron chi connectivity index (χ1n) is 7.66. The number of hydrogen-bond donors (Lipinski definition) is 0. The van der Waals surface area contributed by atoms with Gasteiger partial charge < -0.3 is 4.90 Å². The predicted molar refractivity (Wildman–Crippen MR) is 83.4 cm³/mol. The van der Waals surface area contributed by atoms with E-state index < -0.39 is 5.82 Å². The maximum atomic E-state index is 14.1. The SMILES string of the molecule is Cc1cc2nc(N3CCCC3c3cc(F)ccc3F)ccn2n1. The van der Waals surface area contributed by atoms with E-state index in [4.69, 9.17) is 0 Å². The zero-order valence-corrected chi connectivity index (χ0v) is 12.7. The van der Waals surface area contributed by atoms with Gasteiger partial charge in [-0.2, -0.15) is 5.10 Å². The van der Waals surface area contributed by atoms with Gasteiger partial charge in [-0.1, -0.05) is 0 Å². The Hall–Kier alpha value is -2.50. The first-order chi connectivity index (χ1) is 11.1. The molecule has 0 bridgehead atoms. The molecule has 1 unspecified atom stereocenters. The fraction of sp³-hybridized carbons (Fsp3) is 0.294. The minimum Gasteiger partial charge on any atom is -0.349 e. The summed E-state index contributed by atoms with van der Waals surface area (Å²) in [6.07, 6.45) is 3.55. The van der Waals surface area contributed by atoms with Crippen molar-refractivity contribution in [1.29, 1.82) is 0 Å². The highest BCUT2D eigenvalue weighted by atomic mass is 19.1. The molecule has 1 aromatic carbocycles. The van der Waals surface area contributed by atoms with E-state index in [0.29, 0.717) is 5.56 Å². The second-order valence-corrected chi connectivity index (χ2v) is 5.89. The zero-order chi connectivity index (χ0) is 16.0.